The van der Waals surface area contributed by atoms with Gasteiger partial charge in [-0.1, -0.05) is 65.9 Å². The molecule has 0 fully saturated rings. The predicted octanol–water partition coefficient (Wildman–Crippen LogP) is 4.90. The molecule has 3 aromatic carbocycles. The monoisotopic (exact) mass is 531 g/mol. The normalized spacial score (nSPS) is 16.5. The molecule has 1 aliphatic carbocycles. The summed E-state index contributed by atoms with van der Waals surface area (Å²) < 4.78 is 7.37. The number of hydrogen-bond donors (Lipinski definition) is 1. The van der Waals surface area contributed by atoms with Gasteiger partial charge < -0.3 is 9.72 Å². The average molecular weight is 532 g/mol. The molecule has 0 saturated carbocycles. The Bertz CT molecular complexity index is 2010. The lowest BCUT2D eigenvalue weighted by Gasteiger charge is -2.30. The summed E-state index contributed by atoms with van der Waals surface area (Å²) in [6.07, 6.45) is 3.69. The number of ether oxygens (including phenoxy) is 1. The van der Waals surface area contributed by atoms with Gasteiger partial charge in [-0.15, -0.1) is 0 Å². The number of H-pyrrole nitrogens is 1. The van der Waals surface area contributed by atoms with E-state index >= 15 is 0 Å². The Kier molecular flexibility index (Phi) is 5.49. The quantitative estimate of drug-likeness (QED) is 0.337. The van der Waals surface area contributed by atoms with Gasteiger partial charge in [0.25, 0.3) is 5.56 Å². The lowest BCUT2D eigenvalue weighted by atomic mass is 9.83. The molecule has 1 N–H and O–H groups in total. The molecule has 0 spiro atoms. The summed E-state index contributed by atoms with van der Waals surface area (Å²) in [4.78, 5) is 35.4. The summed E-state index contributed by atoms with van der Waals surface area (Å²) in [7, 11) is 1.38. The van der Waals surface area contributed by atoms with Gasteiger partial charge in [0.2, 0.25) is 0 Å². The van der Waals surface area contributed by atoms with Gasteiger partial charge in [0.1, 0.15) is 0 Å². The van der Waals surface area contributed by atoms with Crippen molar-refractivity contribution in [2.75, 3.05) is 7.11 Å². The number of hydrogen-bond acceptors (Lipinski definition) is 5. The maximum absolute atomic E-state index is 14.1. The van der Waals surface area contributed by atoms with Gasteiger partial charge in [-0.05, 0) is 60.7 Å². The number of allylic oxidation sites excluding steroid dienone is 1. The molecule has 0 radical (unpaired) electrons. The molecule has 6 nitrogen and oxygen atoms in total. The van der Waals surface area contributed by atoms with Crippen molar-refractivity contribution in [3.8, 4) is 0 Å². The highest BCUT2D eigenvalue weighted by Crippen LogP contribution is 2.41. The number of nitrogens with zero attached hydrogens (tertiary/aromatic N) is 2. The van der Waals surface area contributed by atoms with Crippen molar-refractivity contribution in [3.05, 3.63) is 132 Å². The fourth-order valence-electron chi connectivity index (χ4n) is 5.86. The van der Waals surface area contributed by atoms with Gasteiger partial charge in [-0.25, -0.2) is 9.79 Å². The van der Waals surface area contributed by atoms with Gasteiger partial charge in [0.05, 0.1) is 28.9 Å². The van der Waals surface area contributed by atoms with Crippen LogP contribution in [0.15, 0.2) is 88.2 Å². The zero-order valence-corrected chi connectivity index (χ0v) is 22.3. The lowest BCUT2D eigenvalue weighted by Crippen LogP contribution is -2.38. The molecular weight excluding hydrogens is 506 g/mol. The van der Waals surface area contributed by atoms with E-state index in [1.807, 2.05) is 54.0 Å². The highest BCUT2D eigenvalue weighted by Gasteiger charge is 2.32. The summed E-state index contributed by atoms with van der Waals surface area (Å²) in [6, 6.07) is 23.6. The standard InChI is InChI=1S/C32H25N3O3S/c1-18-25(23-9-5-6-10-26(23)33-18)17-27-30(36)35-29(20-11-13-21(14-12-20)31(37)38-2)24-16-15-19-7-3-4-8-22(19)28(24)34-32(35)39-27/h3-14,17,29,33H,15-16H2,1-2H3/b27-17-/t29-/m1/s1. The smallest absolute Gasteiger partial charge is 0.337 e. The first kappa shape index (κ1) is 23.6. The van der Waals surface area contributed by atoms with Crippen molar-refractivity contribution in [1.29, 1.82) is 0 Å². The predicted molar refractivity (Wildman–Crippen MR) is 154 cm³/mol. The molecule has 0 bridgehead atoms. The van der Waals surface area contributed by atoms with Crippen LogP contribution in [0.4, 0.5) is 0 Å². The molecule has 2 aliphatic rings. The number of nitrogens with one attached hydrogen (secondary N) is 1. The lowest BCUT2D eigenvalue weighted by molar-refractivity contribution is 0.0600. The van der Waals surface area contributed by atoms with Gasteiger partial charge in [-0.2, -0.15) is 0 Å². The number of methoxy groups -OCH3 is 1. The SMILES string of the molecule is COC(=O)c1ccc([C@@H]2C3=C(N=c4s/c(=C\c5c(C)[nH]c6ccccc56)c(=O)n42)c2ccccc2CC3)cc1. The molecule has 0 saturated heterocycles. The van der Waals surface area contributed by atoms with Crippen molar-refractivity contribution < 1.29 is 9.53 Å². The number of aryl methyl sites for hydroxylation is 2. The number of para-hydroxylation sites is 1. The molecule has 0 unspecified atom stereocenters. The zero-order chi connectivity index (χ0) is 26.7. The summed E-state index contributed by atoms with van der Waals surface area (Å²) in [5.41, 5.74) is 8.92. The minimum Gasteiger partial charge on any atom is -0.465 e. The van der Waals surface area contributed by atoms with Crippen LogP contribution in [0.2, 0.25) is 0 Å². The number of aromatic amines is 1. The van der Waals surface area contributed by atoms with E-state index < -0.39 is 0 Å². The van der Waals surface area contributed by atoms with E-state index in [0.29, 0.717) is 14.9 Å². The molecule has 0 amide bonds. The summed E-state index contributed by atoms with van der Waals surface area (Å²) in [6.45, 7) is 2.03. The van der Waals surface area contributed by atoms with Crippen LogP contribution in [0.5, 0.6) is 0 Å². The first-order chi connectivity index (χ1) is 19.0. The van der Waals surface area contributed by atoms with Crippen LogP contribution in [0, 0.1) is 6.92 Å². The Morgan fingerprint density at radius 3 is 2.64 bits per heavy atom. The minimum absolute atomic E-state index is 0.0594. The number of rotatable bonds is 3. The maximum Gasteiger partial charge on any atom is 0.337 e. The number of benzene rings is 3. The zero-order valence-electron chi connectivity index (χ0n) is 21.5. The molecular formula is C32H25N3O3S. The van der Waals surface area contributed by atoms with E-state index in [9.17, 15) is 9.59 Å². The van der Waals surface area contributed by atoms with E-state index in [0.717, 1.165) is 57.4 Å². The third-order valence-corrected chi connectivity index (χ3v) is 8.72. The Morgan fingerprint density at radius 2 is 1.82 bits per heavy atom. The van der Waals surface area contributed by atoms with Crippen LogP contribution in [0.25, 0.3) is 22.7 Å². The van der Waals surface area contributed by atoms with Crippen molar-refractivity contribution in [3.63, 3.8) is 0 Å². The number of carbonyl (C=O) groups excluding carboxylic acids is 1. The van der Waals surface area contributed by atoms with E-state index in [4.69, 9.17) is 9.73 Å². The highest BCUT2D eigenvalue weighted by molar-refractivity contribution is 7.07. The van der Waals surface area contributed by atoms with Crippen LogP contribution >= 0.6 is 11.3 Å². The van der Waals surface area contributed by atoms with E-state index in [-0.39, 0.29) is 17.6 Å². The molecule has 7 rings (SSSR count). The molecule has 39 heavy (non-hydrogen) atoms. The van der Waals surface area contributed by atoms with Gasteiger partial charge in [0, 0.05) is 27.7 Å². The Morgan fingerprint density at radius 1 is 1.05 bits per heavy atom. The molecule has 3 heterocycles. The third kappa shape index (κ3) is 3.72. The largest absolute Gasteiger partial charge is 0.465 e. The second-order valence-corrected chi connectivity index (χ2v) is 10.9. The van der Waals surface area contributed by atoms with E-state index in [1.54, 1.807) is 12.1 Å². The van der Waals surface area contributed by atoms with Crippen molar-refractivity contribution in [2.45, 2.75) is 25.8 Å². The Hall–Kier alpha value is -4.49. The van der Waals surface area contributed by atoms with Crippen LogP contribution in [-0.4, -0.2) is 22.6 Å². The minimum atomic E-state index is -0.383. The highest BCUT2D eigenvalue weighted by atomic mass is 32.1. The topological polar surface area (TPSA) is 76.4 Å². The molecule has 5 aromatic rings. The van der Waals surface area contributed by atoms with E-state index in [2.05, 4.69) is 29.2 Å². The number of aromatic nitrogens is 2. The number of thiazole rings is 1. The van der Waals surface area contributed by atoms with Crippen LogP contribution < -0.4 is 14.9 Å². The van der Waals surface area contributed by atoms with Crippen LogP contribution in [-0.2, 0) is 11.2 Å². The molecule has 2 aromatic heterocycles. The molecule has 7 heteroatoms. The number of esters is 1. The van der Waals surface area contributed by atoms with Crippen molar-refractivity contribution >= 4 is 40.0 Å². The molecule has 192 valence electrons. The third-order valence-electron chi connectivity index (χ3n) is 7.74. The number of fused-ring (bicyclic) bond motifs is 4. The fourth-order valence-corrected chi connectivity index (χ4v) is 6.84. The van der Waals surface area contributed by atoms with Gasteiger partial charge >= 0.3 is 5.97 Å². The first-order valence-corrected chi connectivity index (χ1v) is 13.7. The number of carbonyl (C=O) groups is 1. The van der Waals surface area contributed by atoms with Crippen molar-refractivity contribution in [2.24, 2.45) is 4.99 Å². The summed E-state index contributed by atoms with van der Waals surface area (Å²) in [5, 5.41) is 1.09. The van der Waals surface area contributed by atoms with Crippen molar-refractivity contribution in [1.82, 2.24) is 9.55 Å². The molecule has 1 aliphatic heterocycles. The molecule has 1 atom stereocenters. The summed E-state index contributed by atoms with van der Waals surface area (Å²) >= 11 is 1.42. The first-order valence-electron chi connectivity index (χ1n) is 12.9. The second-order valence-electron chi connectivity index (χ2n) is 9.94. The average Bonchev–Trinajstić information content (AvgIpc) is 3.46. The van der Waals surface area contributed by atoms with Gasteiger partial charge in [0.15, 0.2) is 4.80 Å². The Labute approximate surface area is 228 Å². The van der Waals surface area contributed by atoms with Gasteiger partial charge in [-0.3, -0.25) is 9.36 Å². The second kappa shape index (κ2) is 9.06. The maximum atomic E-state index is 14.1. The Balaban J connectivity index is 1.47. The fraction of sp³-hybridized carbons (Fsp3) is 0.156. The summed E-state index contributed by atoms with van der Waals surface area (Å²) in [5.74, 6) is -0.383. The van der Waals surface area contributed by atoms with Crippen LogP contribution in [0.3, 0.4) is 0 Å². The van der Waals surface area contributed by atoms with E-state index in [1.165, 1.54) is 24.0 Å². The van der Waals surface area contributed by atoms with Crippen LogP contribution in [0.1, 0.15) is 50.8 Å².